The maximum absolute atomic E-state index is 11.4. The lowest BCUT2D eigenvalue weighted by Gasteiger charge is -2.04. The number of rotatable bonds is 3. The summed E-state index contributed by atoms with van der Waals surface area (Å²) in [5.74, 6) is 0.697. The highest BCUT2D eigenvalue weighted by atomic mass is 32.2. The van der Waals surface area contributed by atoms with Crippen molar-refractivity contribution in [1.29, 1.82) is 0 Å². The minimum absolute atomic E-state index is 0.108. The van der Waals surface area contributed by atoms with E-state index in [-0.39, 0.29) is 10.3 Å². The van der Waals surface area contributed by atoms with Crippen molar-refractivity contribution in [3.8, 4) is 0 Å². The molecular weight excluding hydrogens is 340 g/mol. The van der Waals surface area contributed by atoms with E-state index in [1.807, 2.05) is 30.3 Å². The van der Waals surface area contributed by atoms with Gasteiger partial charge in [-0.3, -0.25) is 0 Å². The number of benzene rings is 2. The Morgan fingerprint density at radius 2 is 1.71 bits per heavy atom. The number of nitrogens with two attached hydrogens (primary N) is 1. The SMILES string of the molecule is CC1(C)C(c2ccc(S(N)(=O)=O)cc2)C1c1nc2ccccc2s1. The molecule has 4 nitrogen and oxygen atoms in total. The van der Waals surface area contributed by atoms with Gasteiger partial charge >= 0.3 is 0 Å². The molecule has 2 aromatic carbocycles. The number of fused-ring (bicyclic) bond motifs is 1. The highest BCUT2D eigenvalue weighted by Gasteiger charge is 2.60. The number of primary sulfonamides is 1. The van der Waals surface area contributed by atoms with Gasteiger partial charge < -0.3 is 0 Å². The zero-order valence-electron chi connectivity index (χ0n) is 13.4. The summed E-state index contributed by atoms with van der Waals surface area (Å²) in [5.41, 5.74) is 2.29. The van der Waals surface area contributed by atoms with Crippen molar-refractivity contribution in [2.24, 2.45) is 10.6 Å². The summed E-state index contributed by atoms with van der Waals surface area (Å²) in [6.45, 7) is 4.48. The fourth-order valence-electron chi connectivity index (χ4n) is 3.61. The quantitative estimate of drug-likeness (QED) is 0.773. The topological polar surface area (TPSA) is 73.1 Å². The molecule has 4 rings (SSSR count). The van der Waals surface area contributed by atoms with Gasteiger partial charge in [0.2, 0.25) is 10.0 Å². The molecule has 1 saturated carbocycles. The first kappa shape index (κ1) is 15.7. The molecule has 2 atom stereocenters. The van der Waals surface area contributed by atoms with Gasteiger partial charge in [-0.1, -0.05) is 38.1 Å². The normalized spacial score (nSPS) is 22.6. The molecule has 1 aliphatic carbocycles. The van der Waals surface area contributed by atoms with Crippen molar-refractivity contribution in [1.82, 2.24) is 4.98 Å². The molecule has 2 N–H and O–H groups in total. The van der Waals surface area contributed by atoms with E-state index in [0.29, 0.717) is 11.8 Å². The molecule has 0 saturated heterocycles. The maximum Gasteiger partial charge on any atom is 0.238 e. The Kier molecular flexibility index (Phi) is 3.36. The van der Waals surface area contributed by atoms with Crippen molar-refractivity contribution >= 4 is 31.6 Å². The average Bonchev–Trinajstić information content (AvgIpc) is 2.90. The second-order valence-electron chi connectivity index (χ2n) is 6.91. The Labute approximate surface area is 145 Å². The second-order valence-corrected chi connectivity index (χ2v) is 9.53. The first-order valence-corrected chi connectivity index (χ1v) is 10.1. The molecule has 0 aliphatic heterocycles. The Balaban J connectivity index is 1.69. The van der Waals surface area contributed by atoms with Gasteiger partial charge in [0.1, 0.15) is 0 Å². The second kappa shape index (κ2) is 5.12. The molecule has 24 heavy (non-hydrogen) atoms. The fraction of sp³-hybridized carbons (Fsp3) is 0.278. The molecule has 0 radical (unpaired) electrons. The summed E-state index contributed by atoms with van der Waals surface area (Å²) in [6.07, 6.45) is 0. The molecule has 1 fully saturated rings. The van der Waals surface area contributed by atoms with Gasteiger partial charge in [0.15, 0.2) is 0 Å². The smallest absolute Gasteiger partial charge is 0.238 e. The van der Waals surface area contributed by atoms with Crippen LogP contribution in [0, 0.1) is 5.41 Å². The zero-order chi connectivity index (χ0) is 17.1. The first-order chi connectivity index (χ1) is 11.3. The van der Waals surface area contributed by atoms with Gasteiger partial charge in [0.05, 0.1) is 20.1 Å². The van der Waals surface area contributed by atoms with Crippen LogP contribution in [0.3, 0.4) is 0 Å². The monoisotopic (exact) mass is 358 g/mol. The zero-order valence-corrected chi connectivity index (χ0v) is 15.1. The Hall–Kier alpha value is -1.76. The minimum atomic E-state index is -3.65. The molecular formula is C18H18N2O2S2. The maximum atomic E-state index is 11.4. The summed E-state index contributed by atoms with van der Waals surface area (Å²) in [4.78, 5) is 4.96. The number of sulfonamides is 1. The van der Waals surface area contributed by atoms with E-state index in [1.54, 1.807) is 23.5 Å². The van der Waals surface area contributed by atoms with Crippen LogP contribution in [0.15, 0.2) is 53.4 Å². The average molecular weight is 358 g/mol. The van der Waals surface area contributed by atoms with Crippen molar-refractivity contribution in [2.45, 2.75) is 30.6 Å². The summed E-state index contributed by atoms with van der Waals surface area (Å²) in [5, 5.41) is 6.33. The van der Waals surface area contributed by atoms with E-state index in [0.717, 1.165) is 16.1 Å². The number of nitrogens with zero attached hydrogens (tertiary/aromatic N) is 1. The van der Waals surface area contributed by atoms with E-state index in [1.165, 1.54) is 4.70 Å². The minimum Gasteiger partial charge on any atom is -0.241 e. The third kappa shape index (κ3) is 2.46. The van der Waals surface area contributed by atoms with Gasteiger partial charge in [0.25, 0.3) is 0 Å². The van der Waals surface area contributed by atoms with E-state index in [2.05, 4.69) is 19.9 Å². The highest BCUT2D eigenvalue weighted by molar-refractivity contribution is 7.89. The number of hydrogen-bond acceptors (Lipinski definition) is 4. The standard InChI is InChI=1S/C18H18N2O2S2/c1-18(2)15(11-7-9-12(10-8-11)24(19,21)22)16(18)17-20-13-5-3-4-6-14(13)23-17/h3-10,15-16H,1-2H3,(H2,19,21,22). The number of aromatic nitrogens is 1. The molecule has 2 unspecified atom stereocenters. The lowest BCUT2D eigenvalue weighted by molar-refractivity contribution is 0.597. The van der Waals surface area contributed by atoms with Crippen LogP contribution in [0.1, 0.15) is 36.3 Å². The molecule has 124 valence electrons. The summed E-state index contributed by atoms with van der Waals surface area (Å²) < 4.78 is 24.0. The lowest BCUT2D eigenvalue weighted by atomic mass is 10.0. The van der Waals surface area contributed by atoms with Crippen LogP contribution in [0.2, 0.25) is 0 Å². The predicted molar refractivity (Wildman–Crippen MR) is 96.7 cm³/mol. The Morgan fingerprint density at radius 1 is 1.04 bits per heavy atom. The van der Waals surface area contributed by atoms with Crippen molar-refractivity contribution in [3.05, 3.63) is 59.1 Å². The third-order valence-corrected chi connectivity index (χ3v) is 7.02. The van der Waals surface area contributed by atoms with Crippen molar-refractivity contribution in [3.63, 3.8) is 0 Å². The molecule has 3 aromatic rings. The molecule has 0 spiro atoms. The van der Waals surface area contributed by atoms with Crippen LogP contribution in [0.4, 0.5) is 0 Å². The highest BCUT2D eigenvalue weighted by Crippen LogP contribution is 2.70. The Morgan fingerprint density at radius 3 is 2.33 bits per heavy atom. The van der Waals surface area contributed by atoms with Gasteiger partial charge in [-0.05, 0) is 41.2 Å². The van der Waals surface area contributed by atoms with Crippen LogP contribution < -0.4 is 5.14 Å². The lowest BCUT2D eigenvalue weighted by Crippen LogP contribution is -2.11. The van der Waals surface area contributed by atoms with E-state index in [9.17, 15) is 8.42 Å². The van der Waals surface area contributed by atoms with Crippen LogP contribution in [-0.2, 0) is 10.0 Å². The molecule has 1 aliphatic rings. The van der Waals surface area contributed by atoms with Crippen molar-refractivity contribution in [2.75, 3.05) is 0 Å². The van der Waals surface area contributed by atoms with E-state index >= 15 is 0 Å². The number of hydrogen-bond donors (Lipinski definition) is 1. The summed E-state index contributed by atoms with van der Waals surface area (Å²) in [6, 6.07) is 15.1. The molecule has 0 bridgehead atoms. The van der Waals surface area contributed by atoms with Crippen LogP contribution in [-0.4, -0.2) is 13.4 Å². The van der Waals surface area contributed by atoms with Crippen LogP contribution in [0.5, 0.6) is 0 Å². The third-order valence-electron chi connectivity index (χ3n) is 4.97. The Bertz CT molecular complexity index is 988. The molecule has 1 aromatic heterocycles. The van der Waals surface area contributed by atoms with Gasteiger partial charge in [-0.25, -0.2) is 18.5 Å². The van der Waals surface area contributed by atoms with E-state index in [4.69, 9.17) is 10.1 Å². The van der Waals surface area contributed by atoms with Gasteiger partial charge in [0, 0.05) is 5.92 Å². The van der Waals surface area contributed by atoms with Gasteiger partial charge in [-0.15, -0.1) is 11.3 Å². The largest absolute Gasteiger partial charge is 0.241 e. The van der Waals surface area contributed by atoms with Gasteiger partial charge in [-0.2, -0.15) is 0 Å². The summed E-state index contributed by atoms with van der Waals surface area (Å²) >= 11 is 1.75. The molecule has 0 amide bonds. The van der Waals surface area contributed by atoms with E-state index < -0.39 is 10.0 Å². The summed E-state index contributed by atoms with van der Waals surface area (Å²) in [7, 11) is -3.65. The number of thiazole rings is 1. The first-order valence-electron chi connectivity index (χ1n) is 7.77. The predicted octanol–water partition coefficient (Wildman–Crippen LogP) is 3.85. The molecule has 6 heteroatoms. The van der Waals surface area contributed by atoms with Crippen molar-refractivity contribution < 1.29 is 8.42 Å². The van der Waals surface area contributed by atoms with Crippen LogP contribution >= 0.6 is 11.3 Å². The molecule has 1 heterocycles. The fourth-order valence-corrected chi connectivity index (χ4v) is 5.43. The number of para-hydroxylation sites is 1. The van der Waals surface area contributed by atoms with Crippen LogP contribution in [0.25, 0.3) is 10.2 Å².